The fraction of sp³-hybridized carbons (Fsp3) is 0. The highest BCUT2D eigenvalue weighted by molar-refractivity contribution is 7.14. The minimum atomic E-state index is -0.721. The predicted molar refractivity (Wildman–Crippen MR) is 104 cm³/mol. The zero-order chi connectivity index (χ0) is 18.6. The third-order valence-electron chi connectivity index (χ3n) is 3.58. The van der Waals surface area contributed by atoms with Gasteiger partial charge in [-0.15, -0.1) is 22.7 Å². The average Bonchev–Trinajstić information content (AvgIpc) is 3.33. The van der Waals surface area contributed by atoms with Crippen molar-refractivity contribution < 1.29 is 8.78 Å². The highest BCUT2D eigenvalue weighted by Gasteiger charge is 2.10. The van der Waals surface area contributed by atoms with Crippen LogP contribution >= 0.6 is 22.7 Å². The molecule has 0 aliphatic heterocycles. The van der Waals surface area contributed by atoms with Crippen molar-refractivity contribution in [1.82, 2.24) is 9.66 Å². The van der Waals surface area contributed by atoms with E-state index in [9.17, 15) is 8.78 Å². The number of nitrogens with zero attached hydrogens (tertiary/aromatic N) is 4. The Morgan fingerprint density at radius 2 is 1.96 bits per heavy atom. The number of hydrogen-bond donors (Lipinski definition) is 0. The number of rotatable bonds is 4. The van der Waals surface area contributed by atoms with Crippen LogP contribution in [0.25, 0.3) is 10.6 Å². The van der Waals surface area contributed by atoms with Gasteiger partial charge in [0.25, 0.3) is 0 Å². The van der Waals surface area contributed by atoms with E-state index in [4.69, 9.17) is 0 Å². The van der Waals surface area contributed by atoms with Crippen molar-refractivity contribution in [2.24, 2.45) is 10.1 Å². The van der Waals surface area contributed by atoms with E-state index in [0.717, 1.165) is 16.6 Å². The summed E-state index contributed by atoms with van der Waals surface area (Å²) in [5.41, 5.74) is 1.58. The quantitative estimate of drug-likeness (QED) is 0.443. The summed E-state index contributed by atoms with van der Waals surface area (Å²) >= 11 is 2.89. The summed E-state index contributed by atoms with van der Waals surface area (Å²) in [5, 5.41) is 8.36. The lowest BCUT2D eigenvalue weighted by Crippen LogP contribution is -2.11. The van der Waals surface area contributed by atoms with Gasteiger partial charge < -0.3 is 0 Å². The molecule has 3 heterocycles. The van der Waals surface area contributed by atoms with Crippen LogP contribution in [-0.2, 0) is 0 Å². The first-order valence-electron chi connectivity index (χ1n) is 7.90. The second kappa shape index (κ2) is 7.73. The topological polar surface area (TPSA) is 42.5 Å². The van der Waals surface area contributed by atoms with Crippen LogP contribution in [0.4, 0.5) is 14.5 Å². The third-order valence-corrected chi connectivity index (χ3v) is 5.29. The molecule has 134 valence electrons. The number of halogens is 2. The number of pyridine rings is 1. The normalized spacial score (nSPS) is 12.1. The molecule has 0 unspecified atom stereocenters. The second-order valence-corrected chi connectivity index (χ2v) is 7.18. The lowest BCUT2D eigenvalue weighted by atomic mass is 10.3. The fourth-order valence-electron chi connectivity index (χ4n) is 2.33. The van der Waals surface area contributed by atoms with Crippen LogP contribution < -0.4 is 4.80 Å². The lowest BCUT2D eigenvalue weighted by molar-refractivity contribution is 0.584. The fourth-order valence-corrected chi connectivity index (χ4v) is 3.97. The van der Waals surface area contributed by atoms with Gasteiger partial charge >= 0.3 is 0 Å². The van der Waals surface area contributed by atoms with E-state index in [-0.39, 0.29) is 5.69 Å². The second-order valence-electron chi connectivity index (χ2n) is 5.40. The Morgan fingerprint density at radius 3 is 2.70 bits per heavy atom. The summed E-state index contributed by atoms with van der Waals surface area (Å²) in [5.74, 6) is -1.36. The van der Waals surface area contributed by atoms with E-state index >= 15 is 0 Å². The average molecular weight is 398 g/mol. The molecule has 0 aliphatic carbocycles. The van der Waals surface area contributed by atoms with Crippen LogP contribution in [-0.4, -0.2) is 15.9 Å². The van der Waals surface area contributed by atoms with Crippen molar-refractivity contribution in [2.75, 3.05) is 0 Å². The van der Waals surface area contributed by atoms with Crippen molar-refractivity contribution in [3.05, 3.63) is 87.6 Å². The lowest BCUT2D eigenvalue weighted by Gasteiger charge is -2.01. The maximum atomic E-state index is 14.0. The molecule has 0 saturated heterocycles. The van der Waals surface area contributed by atoms with E-state index in [0.29, 0.717) is 10.5 Å². The minimum Gasteiger partial charge on any atom is -0.255 e. The van der Waals surface area contributed by atoms with E-state index in [2.05, 4.69) is 15.1 Å². The van der Waals surface area contributed by atoms with Gasteiger partial charge in [0.1, 0.15) is 11.5 Å². The van der Waals surface area contributed by atoms with Gasteiger partial charge in [0.05, 0.1) is 22.5 Å². The Bertz CT molecular complexity index is 1150. The number of hydrogen-bond acceptors (Lipinski definition) is 5. The molecular weight excluding hydrogens is 386 g/mol. The van der Waals surface area contributed by atoms with Crippen LogP contribution in [0.5, 0.6) is 0 Å². The molecule has 27 heavy (non-hydrogen) atoms. The Labute approximate surface area is 161 Å². The summed E-state index contributed by atoms with van der Waals surface area (Å²) in [7, 11) is 0. The molecule has 0 bridgehead atoms. The molecular formula is C19H12F2N4S2. The first kappa shape index (κ1) is 17.4. The minimum absolute atomic E-state index is 0.0535. The van der Waals surface area contributed by atoms with Gasteiger partial charge in [0.15, 0.2) is 5.82 Å². The van der Waals surface area contributed by atoms with Crippen molar-refractivity contribution in [3.63, 3.8) is 0 Å². The summed E-state index contributed by atoms with van der Waals surface area (Å²) < 4.78 is 28.8. The molecule has 3 aromatic heterocycles. The van der Waals surface area contributed by atoms with Gasteiger partial charge in [-0.1, -0.05) is 12.1 Å². The standard InChI is InChI=1S/C19H12F2N4S2/c20-13-6-7-16(15(21)10-13)24-19-25(23-11-14-4-1-2-8-22-14)17(12-27-19)18-5-3-9-26-18/h1-12H. The summed E-state index contributed by atoms with van der Waals surface area (Å²) in [4.78, 5) is 10.0. The summed E-state index contributed by atoms with van der Waals surface area (Å²) in [6.07, 6.45) is 3.29. The van der Waals surface area contributed by atoms with Crippen LogP contribution in [0.2, 0.25) is 0 Å². The zero-order valence-corrected chi connectivity index (χ0v) is 15.4. The molecule has 8 heteroatoms. The van der Waals surface area contributed by atoms with Gasteiger partial charge in [0, 0.05) is 17.6 Å². The van der Waals surface area contributed by atoms with Crippen LogP contribution in [0.15, 0.2) is 75.6 Å². The van der Waals surface area contributed by atoms with Gasteiger partial charge in [-0.05, 0) is 35.7 Å². The third kappa shape index (κ3) is 3.91. The van der Waals surface area contributed by atoms with E-state index in [1.807, 2.05) is 41.1 Å². The SMILES string of the molecule is Fc1ccc(N=c2scc(-c3cccs3)n2N=Cc2ccccn2)c(F)c1. The maximum Gasteiger partial charge on any atom is 0.211 e. The van der Waals surface area contributed by atoms with Crippen molar-refractivity contribution >= 4 is 34.6 Å². The van der Waals surface area contributed by atoms with E-state index < -0.39 is 11.6 Å². The van der Waals surface area contributed by atoms with Gasteiger partial charge in [-0.3, -0.25) is 4.98 Å². The number of aromatic nitrogens is 2. The number of thiazole rings is 1. The van der Waals surface area contributed by atoms with Gasteiger partial charge in [-0.2, -0.15) is 5.10 Å². The molecule has 0 N–H and O–H groups in total. The van der Waals surface area contributed by atoms with Crippen LogP contribution in [0.3, 0.4) is 0 Å². The number of thiophene rings is 1. The molecule has 0 aliphatic rings. The largest absolute Gasteiger partial charge is 0.255 e. The Balaban J connectivity index is 1.84. The molecule has 0 radical (unpaired) electrons. The molecule has 0 saturated carbocycles. The Morgan fingerprint density at radius 1 is 1.04 bits per heavy atom. The van der Waals surface area contributed by atoms with Crippen molar-refractivity contribution in [1.29, 1.82) is 0 Å². The highest BCUT2D eigenvalue weighted by atomic mass is 32.1. The smallest absolute Gasteiger partial charge is 0.211 e. The molecule has 4 rings (SSSR count). The zero-order valence-electron chi connectivity index (χ0n) is 13.8. The van der Waals surface area contributed by atoms with Gasteiger partial charge in [0.2, 0.25) is 4.80 Å². The first-order chi connectivity index (χ1) is 13.2. The molecule has 0 atom stereocenters. The Hall–Kier alpha value is -2.97. The predicted octanol–water partition coefficient (Wildman–Crippen LogP) is 5.07. The molecule has 4 aromatic rings. The molecule has 0 spiro atoms. The molecule has 0 fully saturated rings. The maximum absolute atomic E-state index is 14.0. The van der Waals surface area contributed by atoms with E-state index in [1.165, 1.54) is 23.5 Å². The van der Waals surface area contributed by atoms with Crippen LogP contribution in [0.1, 0.15) is 5.69 Å². The van der Waals surface area contributed by atoms with Gasteiger partial charge in [-0.25, -0.2) is 18.4 Å². The summed E-state index contributed by atoms with van der Waals surface area (Å²) in [6, 6.07) is 12.7. The van der Waals surface area contributed by atoms with Crippen molar-refractivity contribution in [3.8, 4) is 10.6 Å². The molecule has 4 nitrogen and oxygen atoms in total. The van der Waals surface area contributed by atoms with E-state index in [1.54, 1.807) is 28.4 Å². The highest BCUT2D eigenvalue weighted by Crippen LogP contribution is 2.26. The van der Waals surface area contributed by atoms with Crippen LogP contribution in [0, 0.1) is 11.6 Å². The Kier molecular flexibility index (Phi) is 4.99. The molecule has 1 aromatic carbocycles. The molecule has 0 amide bonds. The summed E-state index contributed by atoms with van der Waals surface area (Å²) in [6.45, 7) is 0. The first-order valence-corrected chi connectivity index (χ1v) is 9.66. The number of benzene rings is 1. The monoisotopic (exact) mass is 398 g/mol. The van der Waals surface area contributed by atoms with Crippen molar-refractivity contribution in [2.45, 2.75) is 0 Å².